The van der Waals surface area contributed by atoms with Crippen LogP contribution >= 0.6 is 15.9 Å². The SMILES string of the molecule is O=C(NCc1ccccc1)C1CCN(Cc2nc3c(oc4ccc(Br)cc43)c(=O)[nH]2)C1. The van der Waals surface area contributed by atoms with Crippen LogP contribution in [0.25, 0.3) is 22.1 Å². The molecule has 2 aromatic carbocycles. The molecule has 1 saturated heterocycles. The maximum Gasteiger partial charge on any atom is 0.294 e. The van der Waals surface area contributed by atoms with Crippen LogP contribution in [0.4, 0.5) is 0 Å². The predicted molar refractivity (Wildman–Crippen MR) is 122 cm³/mol. The summed E-state index contributed by atoms with van der Waals surface area (Å²) in [7, 11) is 0. The van der Waals surface area contributed by atoms with Crippen molar-refractivity contribution in [3.8, 4) is 0 Å². The van der Waals surface area contributed by atoms with Gasteiger partial charge in [0.2, 0.25) is 11.5 Å². The van der Waals surface area contributed by atoms with Gasteiger partial charge in [0, 0.05) is 22.9 Å². The lowest BCUT2D eigenvalue weighted by Gasteiger charge is -2.15. The second kappa shape index (κ2) is 8.28. The molecule has 0 bridgehead atoms. The molecule has 1 unspecified atom stereocenters. The van der Waals surface area contributed by atoms with Crippen molar-refractivity contribution in [2.45, 2.75) is 19.5 Å². The zero-order valence-corrected chi connectivity index (χ0v) is 18.3. The molecule has 2 N–H and O–H groups in total. The van der Waals surface area contributed by atoms with E-state index >= 15 is 0 Å². The molecule has 2 aromatic heterocycles. The molecule has 1 aliphatic rings. The van der Waals surface area contributed by atoms with Crippen molar-refractivity contribution in [2.75, 3.05) is 13.1 Å². The minimum atomic E-state index is -0.288. The minimum absolute atomic E-state index is 0.0638. The van der Waals surface area contributed by atoms with Gasteiger partial charge in [-0.05, 0) is 36.7 Å². The Bertz CT molecular complexity index is 1320. The number of amides is 1. The number of nitrogens with zero attached hydrogens (tertiary/aromatic N) is 2. The van der Waals surface area contributed by atoms with Crippen molar-refractivity contribution < 1.29 is 9.21 Å². The lowest BCUT2D eigenvalue weighted by atomic mass is 10.1. The molecule has 1 fully saturated rings. The van der Waals surface area contributed by atoms with Gasteiger partial charge < -0.3 is 14.7 Å². The maximum absolute atomic E-state index is 12.6. The van der Waals surface area contributed by atoms with Crippen LogP contribution in [-0.2, 0) is 17.9 Å². The van der Waals surface area contributed by atoms with Crippen molar-refractivity contribution in [3.63, 3.8) is 0 Å². The number of halogens is 1. The highest BCUT2D eigenvalue weighted by Crippen LogP contribution is 2.28. The smallest absolute Gasteiger partial charge is 0.294 e. The number of carbonyl (C=O) groups excluding carboxylic acids is 1. The summed E-state index contributed by atoms with van der Waals surface area (Å²) in [5.74, 6) is 0.573. The molecule has 4 aromatic rings. The molecule has 3 heterocycles. The van der Waals surface area contributed by atoms with E-state index in [0.29, 0.717) is 36.6 Å². The van der Waals surface area contributed by atoms with Crippen LogP contribution in [0.5, 0.6) is 0 Å². The van der Waals surface area contributed by atoms with Crippen LogP contribution in [0.2, 0.25) is 0 Å². The van der Waals surface area contributed by atoms with Crippen molar-refractivity contribution in [1.82, 2.24) is 20.2 Å². The molecule has 31 heavy (non-hydrogen) atoms. The highest BCUT2D eigenvalue weighted by Gasteiger charge is 2.28. The van der Waals surface area contributed by atoms with E-state index in [-0.39, 0.29) is 23.0 Å². The van der Waals surface area contributed by atoms with Gasteiger partial charge in [0.05, 0.1) is 12.5 Å². The van der Waals surface area contributed by atoms with Gasteiger partial charge >= 0.3 is 0 Å². The largest absolute Gasteiger partial charge is 0.449 e. The number of likely N-dealkylation sites (tertiary alicyclic amines) is 1. The number of aromatic nitrogens is 2. The normalized spacial score (nSPS) is 16.9. The fourth-order valence-electron chi connectivity index (χ4n) is 4.08. The number of carbonyl (C=O) groups is 1. The quantitative estimate of drug-likeness (QED) is 0.455. The van der Waals surface area contributed by atoms with Gasteiger partial charge in [-0.3, -0.25) is 14.5 Å². The Labute approximate surface area is 186 Å². The van der Waals surface area contributed by atoms with Crippen molar-refractivity contribution >= 4 is 43.9 Å². The molecule has 7 nitrogen and oxygen atoms in total. The standard InChI is InChI=1S/C23H21BrN4O3/c24-16-6-7-18-17(10-16)20-21(31-18)23(30)27-19(26-20)13-28-9-8-15(12-28)22(29)25-11-14-4-2-1-3-5-14/h1-7,10,15H,8-9,11-13H2,(H,25,29)(H,26,27,30). The van der Waals surface area contributed by atoms with Gasteiger partial charge in [0.15, 0.2) is 0 Å². The average molecular weight is 481 g/mol. The fraction of sp³-hybridized carbons (Fsp3) is 0.261. The van der Waals surface area contributed by atoms with E-state index in [1.54, 1.807) is 0 Å². The van der Waals surface area contributed by atoms with Crippen molar-refractivity contribution in [1.29, 1.82) is 0 Å². The first-order valence-corrected chi connectivity index (χ1v) is 11.0. The minimum Gasteiger partial charge on any atom is -0.449 e. The number of aromatic amines is 1. The molecule has 158 valence electrons. The molecular weight excluding hydrogens is 460 g/mol. The van der Waals surface area contributed by atoms with E-state index in [1.165, 1.54) is 0 Å². The van der Waals surface area contributed by atoms with Crippen LogP contribution in [-0.4, -0.2) is 33.9 Å². The third-order valence-electron chi connectivity index (χ3n) is 5.66. The number of benzene rings is 2. The van der Waals surface area contributed by atoms with Gasteiger partial charge in [-0.25, -0.2) is 4.98 Å². The van der Waals surface area contributed by atoms with E-state index in [1.807, 2.05) is 48.5 Å². The molecule has 5 rings (SSSR count). The van der Waals surface area contributed by atoms with Crippen molar-refractivity contribution in [3.05, 3.63) is 74.7 Å². The topological polar surface area (TPSA) is 91.2 Å². The molecule has 8 heteroatoms. The highest BCUT2D eigenvalue weighted by molar-refractivity contribution is 9.10. The zero-order valence-electron chi connectivity index (χ0n) is 16.7. The molecule has 0 aliphatic carbocycles. The molecule has 0 radical (unpaired) electrons. The molecule has 1 amide bonds. The summed E-state index contributed by atoms with van der Waals surface area (Å²) in [6.07, 6.45) is 0.786. The average Bonchev–Trinajstić information content (AvgIpc) is 3.38. The first kappa shape index (κ1) is 20.0. The molecule has 0 saturated carbocycles. The number of furan rings is 1. The summed E-state index contributed by atoms with van der Waals surface area (Å²) in [5, 5.41) is 3.83. The Morgan fingerprint density at radius 2 is 2.10 bits per heavy atom. The van der Waals surface area contributed by atoms with E-state index in [9.17, 15) is 9.59 Å². The van der Waals surface area contributed by atoms with Gasteiger partial charge in [-0.2, -0.15) is 0 Å². The maximum atomic E-state index is 12.6. The summed E-state index contributed by atoms with van der Waals surface area (Å²) in [6.45, 7) is 2.43. The number of rotatable bonds is 5. The number of nitrogens with one attached hydrogen (secondary N) is 2. The Kier molecular flexibility index (Phi) is 5.33. The number of hydrogen-bond acceptors (Lipinski definition) is 5. The number of hydrogen-bond donors (Lipinski definition) is 2. The second-order valence-electron chi connectivity index (χ2n) is 7.86. The van der Waals surface area contributed by atoms with Crippen molar-refractivity contribution in [2.24, 2.45) is 5.92 Å². The first-order valence-electron chi connectivity index (χ1n) is 10.2. The van der Waals surface area contributed by atoms with Crippen LogP contribution in [0.15, 0.2) is 62.2 Å². The van der Waals surface area contributed by atoms with Crippen LogP contribution < -0.4 is 10.9 Å². The molecule has 0 spiro atoms. The van der Waals surface area contributed by atoms with Gasteiger partial charge in [0.25, 0.3) is 5.56 Å². The first-order chi connectivity index (χ1) is 15.1. The zero-order chi connectivity index (χ0) is 21.4. The molecule has 1 aliphatic heterocycles. The van der Waals surface area contributed by atoms with E-state index in [0.717, 1.165) is 28.4 Å². The Morgan fingerprint density at radius 3 is 2.94 bits per heavy atom. The van der Waals surface area contributed by atoms with Gasteiger partial charge in [0.1, 0.15) is 16.9 Å². The Balaban J connectivity index is 1.28. The third-order valence-corrected chi connectivity index (χ3v) is 6.15. The lowest BCUT2D eigenvalue weighted by Crippen LogP contribution is -2.32. The fourth-order valence-corrected chi connectivity index (χ4v) is 4.44. The summed E-state index contributed by atoms with van der Waals surface area (Å²) < 4.78 is 6.58. The number of H-pyrrole nitrogens is 1. The Morgan fingerprint density at radius 1 is 1.26 bits per heavy atom. The van der Waals surface area contributed by atoms with Crippen LogP contribution in [0.3, 0.4) is 0 Å². The van der Waals surface area contributed by atoms with Crippen LogP contribution in [0, 0.1) is 5.92 Å². The summed E-state index contributed by atoms with van der Waals surface area (Å²) in [5.41, 5.74) is 2.22. The number of fused-ring (bicyclic) bond motifs is 3. The summed E-state index contributed by atoms with van der Waals surface area (Å²) in [4.78, 5) is 34.7. The van der Waals surface area contributed by atoms with Crippen LogP contribution in [0.1, 0.15) is 17.8 Å². The van der Waals surface area contributed by atoms with E-state index < -0.39 is 0 Å². The van der Waals surface area contributed by atoms with E-state index in [2.05, 4.69) is 36.1 Å². The highest BCUT2D eigenvalue weighted by atomic mass is 79.9. The lowest BCUT2D eigenvalue weighted by molar-refractivity contribution is -0.124. The van der Waals surface area contributed by atoms with Gasteiger partial charge in [-0.15, -0.1) is 0 Å². The molecular formula is C23H21BrN4O3. The van der Waals surface area contributed by atoms with Gasteiger partial charge in [-0.1, -0.05) is 46.3 Å². The molecule has 1 atom stereocenters. The monoisotopic (exact) mass is 480 g/mol. The summed E-state index contributed by atoms with van der Waals surface area (Å²) >= 11 is 3.46. The second-order valence-corrected chi connectivity index (χ2v) is 8.77. The van der Waals surface area contributed by atoms with E-state index in [4.69, 9.17) is 4.42 Å². The Hall–Kier alpha value is -2.97. The summed E-state index contributed by atoms with van der Waals surface area (Å²) in [6, 6.07) is 15.5. The predicted octanol–water partition coefficient (Wildman–Crippen LogP) is 3.57. The third kappa shape index (κ3) is 4.13.